The molecule has 0 saturated heterocycles. The van der Waals surface area contributed by atoms with E-state index in [9.17, 15) is 0 Å². The predicted molar refractivity (Wildman–Crippen MR) is 44.2 cm³/mol. The van der Waals surface area contributed by atoms with Gasteiger partial charge < -0.3 is 0 Å². The van der Waals surface area contributed by atoms with Gasteiger partial charge in [0.1, 0.15) is 0 Å². The Morgan fingerprint density at radius 1 is 1.14 bits per heavy atom. The molecule has 0 nitrogen and oxygen atoms in total. The van der Waals surface area contributed by atoms with Crippen LogP contribution >= 0.6 is 0 Å². The molecule has 0 N–H and O–H groups in total. The Morgan fingerprint density at radius 3 is 2.29 bits per heavy atom. The first kappa shape index (κ1) is 9.01. The monoisotopic (exact) mass is 387 g/mol. The summed E-state index contributed by atoms with van der Waals surface area (Å²) in [7, 11) is 8.13. The number of hydrogen-bond donors (Lipinski definition) is 0. The third kappa shape index (κ3) is 8.01. The summed E-state index contributed by atoms with van der Waals surface area (Å²) in [5, 5.41) is 0. The molecule has 0 aliphatic heterocycles. The molecule has 0 bridgehead atoms. The van der Waals surface area contributed by atoms with Crippen molar-refractivity contribution in [3.63, 3.8) is 0 Å². The van der Waals surface area contributed by atoms with E-state index in [1.165, 1.54) is 8.88 Å². The van der Waals surface area contributed by atoms with Crippen LogP contribution < -0.4 is 0 Å². The van der Waals surface area contributed by atoms with Gasteiger partial charge in [-0.05, 0) is 0 Å². The quantitative estimate of drug-likeness (QED) is 0.563. The second-order valence-corrected chi connectivity index (χ2v) is 11.2. The molecule has 0 atom stereocenters. The van der Waals surface area contributed by atoms with Gasteiger partial charge in [0.05, 0.1) is 0 Å². The molecule has 46 valence electrons. The van der Waals surface area contributed by atoms with Crippen molar-refractivity contribution < 1.29 is 18.0 Å². The molecule has 0 rings (SSSR count). The van der Waals surface area contributed by atoms with Crippen molar-refractivity contribution in [3.8, 4) is 0 Å². The molecule has 0 fully saturated rings. The van der Waals surface area contributed by atoms with Crippen molar-refractivity contribution in [2.24, 2.45) is 0 Å². The Bertz CT molecular complexity index is 187. The van der Waals surface area contributed by atoms with Gasteiger partial charge in [-0.15, -0.1) is 0 Å². The van der Waals surface area contributed by atoms with E-state index in [0.29, 0.717) is 0 Å². The summed E-state index contributed by atoms with van der Waals surface area (Å²) in [6, 6.07) is 0. The Labute approximate surface area is 71.1 Å². The minimum atomic E-state index is 1.37. The van der Waals surface area contributed by atoms with Crippen LogP contribution in [0.2, 0.25) is 0 Å². The van der Waals surface area contributed by atoms with Gasteiger partial charge in [-0.1, -0.05) is 0 Å². The van der Waals surface area contributed by atoms with Gasteiger partial charge in [-0.3, -0.25) is 0 Å². The fourth-order valence-corrected chi connectivity index (χ4v) is 11.3. The summed E-state index contributed by atoms with van der Waals surface area (Å²) >= 11 is 6.82. The van der Waals surface area contributed by atoms with Crippen molar-refractivity contribution in [1.29, 1.82) is 0 Å². The molecule has 0 radical (unpaired) electrons. The maximum atomic E-state index is 4.60. The Morgan fingerprint density at radius 2 is 1.86 bits per heavy atom. The summed E-state index contributed by atoms with van der Waals surface area (Å²) in [6.07, 6.45) is 0. The maximum absolute atomic E-state index is 4.60. The molecule has 0 aromatic carbocycles. The average molecular weight is 387 g/mol. The van der Waals surface area contributed by atoms with Gasteiger partial charge in [0.2, 0.25) is 0 Å². The summed E-state index contributed by atoms with van der Waals surface area (Å²) < 4.78 is 0. The minimum absolute atomic E-state index is 1.37. The Kier molecular flexibility index (Phi) is 10.3. The summed E-state index contributed by atoms with van der Waals surface area (Å²) in [5.41, 5.74) is 0. The van der Waals surface area contributed by atoms with E-state index >= 15 is 0 Å². The van der Waals surface area contributed by atoms with Crippen LogP contribution in [0.3, 0.4) is 0 Å². The summed E-state index contributed by atoms with van der Waals surface area (Å²) in [6.45, 7) is 0. The van der Waals surface area contributed by atoms with Crippen LogP contribution in [0.1, 0.15) is 0 Å². The predicted octanol–water partition coefficient (Wildman–Crippen LogP) is -0.0169. The van der Waals surface area contributed by atoms with Crippen molar-refractivity contribution >= 4 is 54.2 Å². The molecule has 0 aromatic heterocycles. The van der Waals surface area contributed by atoms with Crippen LogP contribution in [0.4, 0.5) is 0 Å². The zero-order chi connectivity index (χ0) is 5.54. The van der Waals surface area contributed by atoms with Crippen LogP contribution in [-0.2, 0) is 72.2 Å². The molecular formula is PtS6. The first-order valence-electron chi connectivity index (χ1n) is 0.962. The molecule has 0 unspecified atom stereocenters. The second kappa shape index (κ2) is 8.01. The van der Waals surface area contributed by atoms with Crippen molar-refractivity contribution in [2.75, 3.05) is 0 Å². The van der Waals surface area contributed by atoms with Crippen molar-refractivity contribution in [2.45, 2.75) is 0 Å². The third-order valence-corrected chi connectivity index (χ3v) is 11.5. The summed E-state index contributed by atoms with van der Waals surface area (Å²) in [5.74, 6) is 0. The average Bonchev–Trinajstić information content (AvgIpc) is 1.69. The first-order valence-corrected chi connectivity index (χ1v) is 10.7. The van der Waals surface area contributed by atoms with Crippen LogP contribution in [-0.4, -0.2) is 0 Å². The standard InChI is InChI=1S/Pt.S6/c;1-3-5-6-4-2. The fourth-order valence-electron chi connectivity index (χ4n) is 0.0315. The van der Waals surface area contributed by atoms with Crippen LogP contribution in [0.15, 0.2) is 0 Å². The van der Waals surface area contributed by atoms with E-state index in [1.54, 1.807) is 34.2 Å². The molecule has 0 aliphatic carbocycles. The van der Waals surface area contributed by atoms with Crippen LogP contribution in [0.5, 0.6) is 0 Å². The van der Waals surface area contributed by atoms with Gasteiger partial charge in [0, 0.05) is 0 Å². The topological polar surface area (TPSA) is 0 Å². The summed E-state index contributed by atoms with van der Waals surface area (Å²) in [4.78, 5) is 0. The molecule has 0 heterocycles. The van der Waals surface area contributed by atoms with Crippen LogP contribution in [0, 0.1) is 0 Å². The zero-order valence-electron chi connectivity index (χ0n) is 2.77. The normalized spacial score (nSPS) is 6.57. The van der Waals surface area contributed by atoms with Gasteiger partial charge in [-0.25, -0.2) is 0 Å². The van der Waals surface area contributed by atoms with Gasteiger partial charge in [0.25, 0.3) is 0 Å². The van der Waals surface area contributed by atoms with E-state index in [1.807, 2.05) is 0 Å². The molecular weight excluding hydrogens is 387 g/mol. The van der Waals surface area contributed by atoms with E-state index in [0.717, 1.165) is 0 Å². The molecule has 7 heavy (non-hydrogen) atoms. The van der Waals surface area contributed by atoms with Gasteiger partial charge in [-0.2, -0.15) is 0 Å². The molecule has 0 saturated carbocycles. The second-order valence-electron chi connectivity index (χ2n) is 0.325. The van der Waals surface area contributed by atoms with Crippen molar-refractivity contribution in [3.05, 3.63) is 0 Å². The first-order chi connectivity index (χ1) is 3.41. The van der Waals surface area contributed by atoms with E-state index < -0.39 is 0 Å². The fraction of sp³-hybridized carbons (Fsp3) is 0. The molecule has 0 aromatic rings. The van der Waals surface area contributed by atoms with E-state index in [-0.39, 0.29) is 0 Å². The number of hydrogen-bond acceptors (Lipinski definition) is 1. The van der Waals surface area contributed by atoms with E-state index in [2.05, 4.69) is 29.2 Å². The van der Waals surface area contributed by atoms with Gasteiger partial charge >= 0.3 is 72.2 Å². The van der Waals surface area contributed by atoms with Crippen molar-refractivity contribution in [1.82, 2.24) is 0 Å². The molecule has 0 amide bonds. The SMILES string of the molecule is S=S=S=S=S=[S]=[Pt]. The zero-order valence-corrected chi connectivity index (χ0v) is 9.94. The van der Waals surface area contributed by atoms with Gasteiger partial charge in [0.15, 0.2) is 0 Å². The van der Waals surface area contributed by atoms with Crippen LogP contribution in [0.25, 0.3) is 0 Å². The van der Waals surface area contributed by atoms with E-state index in [4.69, 9.17) is 0 Å². The Balaban J connectivity index is 4.89. The third-order valence-electron chi connectivity index (χ3n) is 0.105. The number of rotatable bonds is 0. The Hall–Kier alpha value is 2.01. The molecule has 7 heteroatoms. The molecule has 0 aliphatic rings. The molecule has 0 spiro atoms.